The predicted octanol–water partition coefficient (Wildman–Crippen LogP) is 3.35. The third kappa shape index (κ3) is 3.29. The van der Waals surface area contributed by atoms with Crippen molar-refractivity contribution >= 4 is 5.69 Å². The normalized spacial score (nSPS) is 24.4. The molecule has 0 amide bonds. The molecule has 4 nitrogen and oxygen atoms in total. The zero-order valence-electron chi connectivity index (χ0n) is 11.3. The average molecular weight is 266 g/mol. The van der Waals surface area contributed by atoms with Crippen LogP contribution >= 0.6 is 0 Å². The molecule has 2 unspecified atom stereocenters. The SMILES string of the molecule is CC1CCN(Cc2ccc([N+](=O)[O-])c(F)c2)C(C)C1. The van der Waals surface area contributed by atoms with Crippen LogP contribution in [0, 0.1) is 21.8 Å². The molecule has 0 spiro atoms. The van der Waals surface area contributed by atoms with Crippen molar-refractivity contribution in [3.8, 4) is 0 Å². The molecule has 0 radical (unpaired) electrons. The Kier molecular flexibility index (Phi) is 4.14. The number of nitrogens with zero attached hydrogens (tertiary/aromatic N) is 2. The number of nitro groups is 1. The Hall–Kier alpha value is -1.49. The van der Waals surface area contributed by atoms with Crippen molar-refractivity contribution in [2.45, 2.75) is 39.3 Å². The number of halogens is 1. The van der Waals surface area contributed by atoms with Gasteiger partial charge in [-0.3, -0.25) is 15.0 Å². The van der Waals surface area contributed by atoms with Crippen LogP contribution in [0.3, 0.4) is 0 Å². The second kappa shape index (κ2) is 5.65. The summed E-state index contributed by atoms with van der Waals surface area (Å²) in [5.41, 5.74) is 0.341. The van der Waals surface area contributed by atoms with Crippen LogP contribution in [0.25, 0.3) is 0 Å². The molecule has 0 saturated carbocycles. The van der Waals surface area contributed by atoms with Gasteiger partial charge in [-0.25, -0.2) is 0 Å². The quantitative estimate of drug-likeness (QED) is 0.622. The van der Waals surface area contributed by atoms with Crippen molar-refractivity contribution in [1.29, 1.82) is 0 Å². The lowest BCUT2D eigenvalue weighted by Gasteiger charge is -2.36. The summed E-state index contributed by atoms with van der Waals surface area (Å²) < 4.78 is 13.6. The molecule has 0 bridgehead atoms. The first kappa shape index (κ1) is 13.9. The molecule has 5 heteroatoms. The van der Waals surface area contributed by atoms with Crippen LogP contribution in [-0.2, 0) is 6.54 Å². The highest BCUT2D eigenvalue weighted by molar-refractivity contribution is 5.35. The fourth-order valence-electron chi connectivity index (χ4n) is 2.72. The van der Waals surface area contributed by atoms with E-state index in [1.165, 1.54) is 12.1 Å². The smallest absolute Gasteiger partial charge is 0.296 e. The molecule has 1 heterocycles. The van der Waals surface area contributed by atoms with Crippen LogP contribution in [-0.4, -0.2) is 22.4 Å². The highest BCUT2D eigenvalue weighted by Gasteiger charge is 2.23. The van der Waals surface area contributed by atoms with Gasteiger partial charge in [0.1, 0.15) is 0 Å². The maximum absolute atomic E-state index is 13.6. The first-order chi connectivity index (χ1) is 8.97. The lowest BCUT2D eigenvalue weighted by molar-refractivity contribution is -0.387. The van der Waals surface area contributed by atoms with Gasteiger partial charge in [-0.2, -0.15) is 4.39 Å². The van der Waals surface area contributed by atoms with Crippen molar-refractivity contribution in [3.05, 3.63) is 39.7 Å². The summed E-state index contributed by atoms with van der Waals surface area (Å²) in [6, 6.07) is 4.65. The van der Waals surface area contributed by atoms with Gasteiger partial charge in [-0.15, -0.1) is 0 Å². The lowest BCUT2D eigenvalue weighted by atomic mass is 9.93. The predicted molar refractivity (Wildman–Crippen MR) is 71.3 cm³/mol. The molecule has 2 rings (SSSR count). The second-order valence-corrected chi connectivity index (χ2v) is 5.49. The van der Waals surface area contributed by atoms with Gasteiger partial charge in [-0.05, 0) is 43.9 Å². The van der Waals surface area contributed by atoms with Gasteiger partial charge >= 0.3 is 5.69 Å². The van der Waals surface area contributed by atoms with Crippen molar-refractivity contribution in [1.82, 2.24) is 4.90 Å². The Morgan fingerprint density at radius 3 is 2.79 bits per heavy atom. The Labute approximate surface area is 112 Å². The van der Waals surface area contributed by atoms with Gasteiger partial charge in [0.25, 0.3) is 0 Å². The molecule has 104 valence electrons. The van der Waals surface area contributed by atoms with E-state index in [4.69, 9.17) is 0 Å². The third-order valence-electron chi connectivity index (χ3n) is 3.87. The molecule has 1 aliphatic rings. The molecule has 0 aliphatic carbocycles. The maximum Gasteiger partial charge on any atom is 0.304 e. The number of piperidine rings is 1. The van der Waals surface area contributed by atoms with Crippen LogP contribution in [0.5, 0.6) is 0 Å². The van der Waals surface area contributed by atoms with Crippen LogP contribution in [0.15, 0.2) is 18.2 Å². The van der Waals surface area contributed by atoms with Crippen LogP contribution < -0.4 is 0 Å². The van der Waals surface area contributed by atoms with Gasteiger partial charge < -0.3 is 0 Å². The van der Waals surface area contributed by atoms with Crippen molar-refractivity contribution in [2.24, 2.45) is 5.92 Å². The fourth-order valence-corrected chi connectivity index (χ4v) is 2.72. The number of hydrogen-bond acceptors (Lipinski definition) is 3. The Morgan fingerprint density at radius 2 is 2.21 bits per heavy atom. The number of rotatable bonds is 3. The van der Waals surface area contributed by atoms with Gasteiger partial charge in [0.15, 0.2) is 0 Å². The maximum atomic E-state index is 13.6. The molecule has 1 saturated heterocycles. The monoisotopic (exact) mass is 266 g/mol. The largest absolute Gasteiger partial charge is 0.304 e. The highest BCUT2D eigenvalue weighted by Crippen LogP contribution is 2.25. The minimum atomic E-state index is -0.750. The second-order valence-electron chi connectivity index (χ2n) is 5.49. The van der Waals surface area contributed by atoms with Crippen LogP contribution in [0.2, 0.25) is 0 Å². The molecule has 0 aromatic heterocycles. The van der Waals surface area contributed by atoms with Gasteiger partial charge in [0.2, 0.25) is 5.82 Å². The number of nitro benzene ring substituents is 1. The van der Waals surface area contributed by atoms with E-state index in [1.807, 2.05) is 0 Å². The number of hydrogen-bond donors (Lipinski definition) is 0. The van der Waals surface area contributed by atoms with E-state index in [0.717, 1.165) is 30.9 Å². The van der Waals surface area contributed by atoms with E-state index in [9.17, 15) is 14.5 Å². The number of likely N-dealkylation sites (tertiary alicyclic amines) is 1. The Bertz CT molecular complexity index is 479. The number of benzene rings is 1. The summed E-state index contributed by atoms with van der Waals surface area (Å²) in [6.07, 6.45) is 2.30. The topological polar surface area (TPSA) is 46.4 Å². The van der Waals surface area contributed by atoms with Crippen LogP contribution in [0.4, 0.5) is 10.1 Å². The van der Waals surface area contributed by atoms with Crippen molar-refractivity contribution < 1.29 is 9.31 Å². The first-order valence-electron chi connectivity index (χ1n) is 6.64. The molecular weight excluding hydrogens is 247 g/mol. The zero-order valence-corrected chi connectivity index (χ0v) is 11.3. The summed E-state index contributed by atoms with van der Waals surface area (Å²) in [5, 5.41) is 10.6. The molecule has 1 aliphatic heterocycles. The van der Waals surface area contributed by atoms with Gasteiger partial charge in [0.05, 0.1) is 4.92 Å². The standard InChI is InChI=1S/C14H19FN2O2/c1-10-5-6-16(11(2)7-10)9-12-3-4-14(17(18)19)13(15)8-12/h3-4,8,10-11H,5-7,9H2,1-2H3. The van der Waals surface area contributed by atoms with E-state index in [2.05, 4.69) is 18.7 Å². The summed E-state index contributed by atoms with van der Waals surface area (Å²) >= 11 is 0. The summed E-state index contributed by atoms with van der Waals surface area (Å²) in [4.78, 5) is 12.2. The summed E-state index contributed by atoms with van der Waals surface area (Å²) in [5.74, 6) is -0.0135. The van der Waals surface area contributed by atoms with Gasteiger partial charge in [-0.1, -0.05) is 13.0 Å². The highest BCUT2D eigenvalue weighted by atomic mass is 19.1. The first-order valence-corrected chi connectivity index (χ1v) is 6.64. The molecule has 0 N–H and O–H groups in total. The van der Waals surface area contributed by atoms with Gasteiger partial charge in [0, 0.05) is 18.7 Å². The van der Waals surface area contributed by atoms with Crippen molar-refractivity contribution in [3.63, 3.8) is 0 Å². The van der Waals surface area contributed by atoms with Crippen LogP contribution in [0.1, 0.15) is 32.3 Å². The third-order valence-corrected chi connectivity index (χ3v) is 3.87. The fraction of sp³-hybridized carbons (Fsp3) is 0.571. The van der Waals surface area contributed by atoms with E-state index in [-0.39, 0.29) is 0 Å². The summed E-state index contributed by atoms with van der Waals surface area (Å²) in [6.45, 7) is 6.08. The molecular formula is C14H19FN2O2. The minimum Gasteiger partial charge on any atom is -0.296 e. The van der Waals surface area contributed by atoms with E-state index in [1.54, 1.807) is 6.07 Å². The molecule has 19 heavy (non-hydrogen) atoms. The molecule has 1 aromatic rings. The molecule has 2 atom stereocenters. The Morgan fingerprint density at radius 1 is 1.47 bits per heavy atom. The summed E-state index contributed by atoms with van der Waals surface area (Å²) in [7, 11) is 0. The minimum absolute atomic E-state index is 0.455. The average Bonchev–Trinajstić information content (AvgIpc) is 2.32. The van der Waals surface area contributed by atoms with E-state index >= 15 is 0 Å². The van der Waals surface area contributed by atoms with Crippen molar-refractivity contribution in [2.75, 3.05) is 6.54 Å². The lowest BCUT2D eigenvalue weighted by Crippen LogP contribution is -2.39. The Balaban J connectivity index is 2.07. The van der Waals surface area contributed by atoms with E-state index in [0.29, 0.717) is 12.6 Å². The molecule has 1 aromatic carbocycles. The molecule has 1 fully saturated rings. The zero-order chi connectivity index (χ0) is 14.0. The van der Waals surface area contributed by atoms with E-state index < -0.39 is 16.4 Å².